The molecular formula is C22H34N6O3. The van der Waals surface area contributed by atoms with Crippen molar-refractivity contribution in [1.82, 2.24) is 25.2 Å². The van der Waals surface area contributed by atoms with Gasteiger partial charge in [-0.05, 0) is 24.6 Å². The predicted molar refractivity (Wildman–Crippen MR) is 119 cm³/mol. The van der Waals surface area contributed by atoms with Gasteiger partial charge in [0.05, 0.1) is 24.9 Å². The van der Waals surface area contributed by atoms with Crippen LogP contribution in [0.1, 0.15) is 23.6 Å². The zero-order valence-electron chi connectivity index (χ0n) is 18.3. The Morgan fingerprint density at radius 2 is 1.77 bits per heavy atom. The maximum atomic E-state index is 10.8. The monoisotopic (exact) mass is 430 g/mol. The van der Waals surface area contributed by atoms with Crippen LogP contribution in [0.4, 0.5) is 0 Å². The van der Waals surface area contributed by atoms with E-state index in [1.54, 1.807) is 0 Å². The SMILES string of the molecule is CN1CCN(N=Cc2ccc(C3CC(CN4CCN(CC(=O)O)CC4)ON3)cc2)CC1. The number of hydrogen-bond donors (Lipinski definition) is 2. The molecule has 3 fully saturated rings. The van der Waals surface area contributed by atoms with Crippen molar-refractivity contribution in [2.24, 2.45) is 5.10 Å². The van der Waals surface area contributed by atoms with Gasteiger partial charge in [-0.1, -0.05) is 24.3 Å². The largest absolute Gasteiger partial charge is 0.480 e. The van der Waals surface area contributed by atoms with Crippen molar-refractivity contribution in [3.8, 4) is 0 Å². The first-order valence-corrected chi connectivity index (χ1v) is 11.2. The third kappa shape index (κ3) is 6.47. The van der Waals surface area contributed by atoms with E-state index in [9.17, 15) is 4.79 Å². The molecule has 0 aliphatic carbocycles. The van der Waals surface area contributed by atoms with Crippen molar-refractivity contribution in [3.05, 3.63) is 35.4 Å². The van der Waals surface area contributed by atoms with Crippen molar-refractivity contribution in [2.45, 2.75) is 18.6 Å². The Bertz CT molecular complexity index is 742. The number of aliphatic carboxylic acids is 1. The summed E-state index contributed by atoms with van der Waals surface area (Å²) in [4.78, 5) is 23.4. The van der Waals surface area contributed by atoms with Gasteiger partial charge in [-0.25, -0.2) is 0 Å². The minimum absolute atomic E-state index is 0.132. The van der Waals surface area contributed by atoms with E-state index >= 15 is 0 Å². The van der Waals surface area contributed by atoms with E-state index in [1.807, 2.05) is 11.1 Å². The summed E-state index contributed by atoms with van der Waals surface area (Å²) in [5.41, 5.74) is 5.53. The molecule has 0 spiro atoms. The summed E-state index contributed by atoms with van der Waals surface area (Å²) in [6, 6.07) is 8.73. The molecule has 3 aliphatic rings. The van der Waals surface area contributed by atoms with Gasteiger partial charge in [-0.3, -0.25) is 24.4 Å². The van der Waals surface area contributed by atoms with Gasteiger partial charge < -0.3 is 10.0 Å². The average Bonchev–Trinajstić information content (AvgIpc) is 3.23. The van der Waals surface area contributed by atoms with Crippen molar-refractivity contribution < 1.29 is 14.7 Å². The van der Waals surface area contributed by atoms with Gasteiger partial charge in [0.15, 0.2) is 0 Å². The molecule has 0 bridgehead atoms. The molecule has 3 saturated heterocycles. The predicted octanol–water partition coefficient (Wildman–Crippen LogP) is 0.305. The van der Waals surface area contributed by atoms with E-state index in [0.717, 1.165) is 70.9 Å². The van der Waals surface area contributed by atoms with Crippen LogP contribution in [0.15, 0.2) is 29.4 Å². The summed E-state index contributed by atoms with van der Waals surface area (Å²) < 4.78 is 0. The molecule has 0 radical (unpaired) electrons. The number of hydroxylamine groups is 1. The van der Waals surface area contributed by atoms with Gasteiger partial charge >= 0.3 is 5.97 Å². The first-order valence-electron chi connectivity index (χ1n) is 11.2. The maximum absolute atomic E-state index is 10.8. The van der Waals surface area contributed by atoms with Crippen LogP contribution in [-0.4, -0.2) is 116 Å². The Balaban J connectivity index is 1.21. The molecule has 2 unspecified atom stereocenters. The second kappa shape index (κ2) is 10.5. The highest BCUT2D eigenvalue weighted by Gasteiger charge is 2.29. The third-order valence-electron chi connectivity index (χ3n) is 6.35. The van der Waals surface area contributed by atoms with Gasteiger partial charge in [-0.2, -0.15) is 10.6 Å². The summed E-state index contributed by atoms with van der Waals surface area (Å²) in [6.45, 7) is 8.45. The van der Waals surface area contributed by atoms with Crippen molar-refractivity contribution in [1.29, 1.82) is 0 Å². The third-order valence-corrected chi connectivity index (χ3v) is 6.35. The van der Waals surface area contributed by atoms with Crippen LogP contribution in [-0.2, 0) is 9.63 Å². The molecule has 0 saturated carbocycles. The highest BCUT2D eigenvalue weighted by molar-refractivity contribution is 5.79. The molecule has 170 valence electrons. The average molecular weight is 431 g/mol. The summed E-state index contributed by atoms with van der Waals surface area (Å²) in [5, 5.41) is 15.7. The molecule has 9 heteroatoms. The quantitative estimate of drug-likeness (QED) is 0.598. The fourth-order valence-electron chi connectivity index (χ4n) is 4.34. The number of piperazine rings is 2. The minimum Gasteiger partial charge on any atom is -0.480 e. The molecular weight excluding hydrogens is 396 g/mol. The summed E-state index contributed by atoms with van der Waals surface area (Å²) in [6.07, 6.45) is 3.03. The van der Waals surface area contributed by atoms with Crippen LogP contribution >= 0.6 is 0 Å². The lowest BCUT2D eigenvalue weighted by Crippen LogP contribution is -2.49. The van der Waals surface area contributed by atoms with E-state index in [4.69, 9.17) is 9.94 Å². The second-order valence-electron chi connectivity index (χ2n) is 8.78. The van der Waals surface area contributed by atoms with E-state index in [2.05, 4.69) is 56.7 Å². The number of benzene rings is 1. The lowest BCUT2D eigenvalue weighted by Gasteiger charge is -2.34. The van der Waals surface area contributed by atoms with E-state index in [1.165, 1.54) is 5.56 Å². The number of carboxylic acid groups (broad SMARTS) is 1. The lowest BCUT2D eigenvalue weighted by molar-refractivity contribution is -0.138. The van der Waals surface area contributed by atoms with Gasteiger partial charge in [0.2, 0.25) is 0 Å². The number of hydrazone groups is 1. The Hall–Kier alpha value is -2.04. The first-order chi connectivity index (χ1) is 15.0. The Morgan fingerprint density at radius 3 is 2.45 bits per heavy atom. The van der Waals surface area contributed by atoms with Gasteiger partial charge in [0.25, 0.3) is 0 Å². The highest BCUT2D eigenvalue weighted by atomic mass is 16.7. The van der Waals surface area contributed by atoms with E-state index < -0.39 is 5.97 Å². The van der Waals surface area contributed by atoms with Crippen molar-refractivity contribution in [3.63, 3.8) is 0 Å². The van der Waals surface area contributed by atoms with E-state index in [-0.39, 0.29) is 18.7 Å². The molecule has 31 heavy (non-hydrogen) atoms. The molecule has 3 aliphatic heterocycles. The topological polar surface area (TPSA) is 83.9 Å². The highest BCUT2D eigenvalue weighted by Crippen LogP contribution is 2.26. The Morgan fingerprint density at radius 1 is 1.10 bits per heavy atom. The number of nitrogens with zero attached hydrogens (tertiary/aromatic N) is 5. The number of carbonyl (C=O) groups is 1. The molecule has 1 aromatic rings. The van der Waals surface area contributed by atoms with Crippen LogP contribution in [0.25, 0.3) is 0 Å². The smallest absolute Gasteiger partial charge is 0.317 e. The van der Waals surface area contributed by atoms with Gasteiger partial charge in [-0.15, -0.1) is 0 Å². The molecule has 4 rings (SSSR count). The fourth-order valence-corrected chi connectivity index (χ4v) is 4.34. The van der Waals surface area contributed by atoms with Gasteiger partial charge in [0, 0.05) is 58.9 Å². The maximum Gasteiger partial charge on any atom is 0.317 e. The number of nitrogens with one attached hydrogen (secondary N) is 1. The normalized spacial score (nSPS) is 26.7. The minimum atomic E-state index is -0.753. The molecule has 3 heterocycles. The zero-order valence-corrected chi connectivity index (χ0v) is 18.3. The number of hydrogen-bond acceptors (Lipinski definition) is 8. The number of carboxylic acids is 1. The lowest BCUT2D eigenvalue weighted by atomic mass is 10.0. The summed E-state index contributed by atoms with van der Waals surface area (Å²) in [5.74, 6) is -0.753. The fraction of sp³-hybridized carbons (Fsp3) is 0.636. The summed E-state index contributed by atoms with van der Waals surface area (Å²) in [7, 11) is 2.15. The second-order valence-corrected chi connectivity index (χ2v) is 8.78. The Kier molecular flexibility index (Phi) is 7.52. The molecule has 9 nitrogen and oxygen atoms in total. The molecule has 0 aromatic heterocycles. The molecule has 0 amide bonds. The van der Waals surface area contributed by atoms with Crippen LogP contribution in [0, 0.1) is 0 Å². The van der Waals surface area contributed by atoms with Gasteiger partial charge in [0.1, 0.15) is 0 Å². The van der Waals surface area contributed by atoms with Crippen molar-refractivity contribution >= 4 is 12.2 Å². The first kappa shape index (κ1) is 22.2. The van der Waals surface area contributed by atoms with Crippen LogP contribution in [0.5, 0.6) is 0 Å². The molecule has 2 N–H and O–H groups in total. The number of likely N-dealkylation sites (N-methyl/N-ethyl adjacent to an activating group) is 1. The van der Waals surface area contributed by atoms with Crippen LogP contribution < -0.4 is 5.48 Å². The standard InChI is InChI=1S/C22H34N6O3/c1-25-6-12-28(13-7-25)23-15-18-2-4-19(5-3-18)21-14-20(31-24-21)16-26-8-10-27(11-9-26)17-22(29)30/h2-5,15,20-21,24H,6-14,16-17H2,1H3,(H,29,30). The van der Waals surface area contributed by atoms with Crippen LogP contribution in [0.2, 0.25) is 0 Å². The van der Waals surface area contributed by atoms with Crippen molar-refractivity contribution in [2.75, 3.05) is 72.5 Å². The number of rotatable bonds is 7. The zero-order chi connectivity index (χ0) is 21.6. The molecule has 2 atom stereocenters. The Labute approximate surface area is 184 Å². The molecule has 1 aromatic carbocycles. The van der Waals surface area contributed by atoms with Crippen LogP contribution in [0.3, 0.4) is 0 Å². The summed E-state index contributed by atoms with van der Waals surface area (Å²) >= 11 is 0. The van der Waals surface area contributed by atoms with E-state index in [0.29, 0.717) is 0 Å².